The molecule has 0 bridgehead atoms. The Morgan fingerprint density at radius 2 is 2.20 bits per heavy atom. The highest BCUT2D eigenvalue weighted by Gasteiger charge is 1.99. The van der Waals surface area contributed by atoms with Gasteiger partial charge < -0.3 is 10.5 Å². The number of pyridine rings is 1. The molecule has 0 aliphatic heterocycles. The summed E-state index contributed by atoms with van der Waals surface area (Å²) in [5, 5.41) is 2.04. The molecule has 0 radical (unpaired) electrons. The summed E-state index contributed by atoms with van der Waals surface area (Å²) in [5.74, 6) is 0.545. The van der Waals surface area contributed by atoms with Gasteiger partial charge in [0.05, 0.1) is 13.2 Å². The molecule has 0 aliphatic carbocycles. The Bertz CT molecular complexity index is 414. The fourth-order valence-corrected chi connectivity index (χ4v) is 1.87. The van der Waals surface area contributed by atoms with Crippen LogP contribution in [0.2, 0.25) is 0 Å². The zero-order valence-corrected chi connectivity index (χ0v) is 9.04. The van der Waals surface area contributed by atoms with Crippen LogP contribution in [0.4, 0.5) is 5.82 Å². The van der Waals surface area contributed by atoms with Crippen LogP contribution < -0.4 is 5.73 Å². The maximum absolute atomic E-state index is 5.69. The lowest BCUT2D eigenvalue weighted by Crippen LogP contribution is -1.99. The Morgan fingerprint density at radius 1 is 1.27 bits per heavy atom. The van der Waals surface area contributed by atoms with Gasteiger partial charge in [-0.05, 0) is 17.5 Å². The molecule has 0 aliphatic rings. The van der Waals surface area contributed by atoms with Crippen LogP contribution in [0.3, 0.4) is 0 Å². The van der Waals surface area contributed by atoms with E-state index in [1.807, 2.05) is 23.6 Å². The monoisotopic (exact) mass is 220 g/mol. The SMILES string of the molecule is Nc1ncccc1COCc1cccs1. The molecule has 2 heterocycles. The van der Waals surface area contributed by atoms with E-state index in [-0.39, 0.29) is 0 Å². The Labute approximate surface area is 92.5 Å². The van der Waals surface area contributed by atoms with E-state index < -0.39 is 0 Å². The third-order valence-electron chi connectivity index (χ3n) is 2.01. The third kappa shape index (κ3) is 2.78. The number of nitrogens with two attached hydrogens (primary N) is 1. The van der Waals surface area contributed by atoms with Gasteiger partial charge in [-0.2, -0.15) is 0 Å². The number of rotatable bonds is 4. The minimum Gasteiger partial charge on any atom is -0.383 e. The van der Waals surface area contributed by atoms with Gasteiger partial charge in [-0.15, -0.1) is 11.3 Å². The van der Waals surface area contributed by atoms with E-state index in [0.29, 0.717) is 19.0 Å². The molecule has 3 nitrogen and oxygen atoms in total. The van der Waals surface area contributed by atoms with Crippen molar-refractivity contribution in [2.75, 3.05) is 5.73 Å². The fourth-order valence-electron chi connectivity index (χ4n) is 1.23. The Kier molecular flexibility index (Phi) is 3.32. The molecule has 2 rings (SSSR count). The first-order chi connectivity index (χ1) is 7.36. The Morgan fingerprint density at radius 3 is 2.93 bits per heavy atom. The molecule has 0 saturated carbocycles. The van der Waals surface area contributed by atoms with E-state index in [1.54, 1.807) is 17.5 Å². The second-order valence-electron chi connectivity index (χ2n) is 3.12. The molecule has 78 valence electrons. The summed E-state index contributed by atoms with van der Waals surface area (Å²) in [4.78, 5) is 5.22. The zero-order valence-electron chi connectivity index (χ0n) is 8.22. The maximum Gasteiger partial charge on any atom is 0.128 e. The van der Waals surface area contributed by atoms with Gasteiger partial charge in [0.25, 0.3) is 0 Å². The van der Waals surface area contributed by atoms with Gasteiger partial charge in [-0.25, -0.2) is 4.98 Å². The highest BCUT2D eigenvalue weighted by Crippen LogP contribution is 2.13. The van der Waals surface area contributed by atoms with Crippen molar-refractivity contribution in [2.45, 2.75) is 13.2 Å². The molecular weight excluding hydrogens is 208 g/mol. The van der Waals surface area contributed by atoms with Crippen LogP contribution in [0.5, 0.6) is 0 Å². The van der Waals surface area contributed by atoms with Gasteiger partial charge in [-0.1, -0.05) is 12.1 Å². The van der Waals surface area contributed by atoms with Crippen LogP contribution in [0.25, 0.3) is 0 Å². The molecule has 0 spiro atoms. The molecule has 0 aromatic carbocycles. The highest BCUT2D eigenvalue weighted by molar-refractivity contribution is 7.09. The summed E-state index contributed by atoms with van der Waals surface area (Å²) in [6.07, 6.45) is 1.68. The predicted octanol–water partition coefficient (Wildman–Crippen LogP) is 2.44. The smallest absolute Gasteiger partial charge is 0.128 e. The lowest BCUT2D eigenvalue weighted by molar-refractivity contribution is 0.109. The van der Waals surface area contributed by atoms with Crippen molar-refractivity contribution in [1.82, 2.24) is 4.98 Å². The first-order valence-electron chi connectivity index (χ1n) is 4.66. The van der Waals surface area contributed by atoms with Crippen LogP contribution in [-0.2, 0) is 18.0 Å². The summed E-state index contributed by atoms with van der Waals surface area (Å²) >= 11 is 1.69. The number of thiophene rings is 1. The summed E-state index contributed by atoms with van der Waals surface area (Å²) in [6.45, 7) is 1.14. The minimum atomic E-state index is 0.511. The van der Waals surface area contributed by atoms with Gasteiger partial charge in [0.15, 0.2) is 0 Å². The molecule has 0 amide bonds. The number of hydrogen-bond donors (Lipinski definition) is 1. The van der Waals surface area contributed by atoms with Crippen molar-refractivity contribution in [3.8, 4) is 0 Å². The lowest BCUT2D eigenvalue weighted by atomic mass is 10.3. The first kappa shape index (κ1) is 10.1. The zero-order chi connectivity index (χ0) is 10.5. The van der Waals surface area contributed by atoms with Crippen LogP contribution in [0.15, 0.2) is 35.8 Å². The van der Waals surface area contributed by atoms with E-state index in [4.69, 9.17) is 10.5 Å². The average Bonchev–Trinajstić information content (AvgIpc) is 2.74. The molecule has 4 heteroatoms. The van der Waals surface area contributed by atoms with Crippen LogP contribution in [0.1, 0.15) is 10.4 Å². The van der Waals surface area contributed by atoms with Gasteiger partial charge in [0.2, 0.25) is 0 Å². The van der Waals surface area contributed by atoms with E-state index in [2.05, 4.69) is 11.1 Å². The van der Waals surface area contributed by atoms with Crippen molar-refractivity contribution in [3.63, 3.8) is 0 Å². The first-order valence-corrected chi connectivity index (χ1v) is 5.54. The topological polar surface area (TPSA) is 48.1 Å². The molecule has 0 atom stereocenters. The summed E-state index contributed by atoms with van der Waals surface area (Å²) in [6, 6.07) is 7.86. The quantitative estimate of drug-likeness (QED) is 0.861. The van der Waals surface area contributed by atoms with Crippen LogP contribution in [-0.4, -0.2) is 4.98 Å². The average molecular weight is 220 g/mol. The van der Waals surface area contributed by atoms with Gasteiger partial charge >= 0.3 is 0 Å². The number of aromatic nitrogens is 1. The number of nitrogens with zero attached hydrogens (tertiary/aromatic N) is 1. The molecule has 15 heavy (non-hydrogen) atoms. The number of hydrogen-bond acceptors (Lipinski definition) is 4. The third-order valence-corrected chi connectivity index (χ3v) is 2.86. The molecule has 0 saturated heterocycles. The predicted molar refractivity (Wildman–Crippen MR) is 61.5 cm³/mol. The second kappa shape index (κ2) is 4.91. The molecule has 0 fully saturated rings. The van der Waals surface area contributed by atoms with Crippen molar-refractivity contribution in [3.05, 3.63) is 46.3 Å². The molecular formula is C11H12N2OS. The highest BCUT2D eigenvalue weighted by atomic mass is 32.1. The van der Waals surface area contributed by atoms with Crippen molar-refractivity contribution in [1.29, 1.82) is 0 Å². The van der Waals surface area contributed by atoms with E-state index in [0.717, 1.165) is 5.56 Å². The fraction of sp³-hybridized carbons (Fsp3) is 0.182. The molecule has 0 unspecified atom stereocenters. The number of anilines is 1. The standard InChI is InChI=1S/C11H12N2OS/c12-11-9(3-1-5-13-11)7-14-8-10-4-2-6-15-10/h1-6H,7-8H2,(H2,12,13). The summed E-state index contributed by atoms with van der Waals surface area (Å²) < 4.78 is 5.54. The molecule has 2 aromatic heterocycles. The van der Waals surface area contributed by atoms with Gasteiger partial charge in [-0.3, -0.25) is 0 Å². The summed E-state index contributed by atoms with van der Waals surface area (Å²) in [5.41, 5.74) is 6.63. The maximum atomic E-state index is 5.69. The largest absolute Gasteiger partial charge is 0.383 e. The van der Waals surface area contributed by atoms with Gasteiger partial charge in [0.1, 0.15) is 5.82 Å². The Hall–Kier alpha value is -1.39. The lowest BCUT2D eigenvalue weighted by Gasteiger charge is -2.04. The minimum absolute atomic E-state index is 0.511. The van der Waals surface area contributed by atoms with Crippen molar-refractivity contribution >= 4 is 17.2 Å². The summed E-state index contributed by atoms with van der Waals surface area (Å²) in [7, 11) is 0. The van der Waals surface area contributed by atoms with E-state index in [1.165, 1.54) is 4.88 Å². The molecule has 2 N–H and O–H groups in total. The van der Waals surface area contributed by atoms with Crippen LogP contribution >= 0.6 is 11.3 Å². The molecule has 2 aromatic rings. The van der Waals surface area contributed by atoms with Crippen molar-refractivity contribution in [2.24, 2.45) is 0 Å². The van der Waals surface area contributed by atoms with E-state index in [9.17, 15) is 0 Å². The van der Waals surface area contributed by atoms with Crippen molar-refractivity contribution < 1.29 is 4.74 Å². The number of nitrogen functional groups attached to an aromatic ring is 1. The Balaban J connectivity index is 1.86. The van der Waals surface area contributed by atoms with E-state index >= 15 is 0 Å². The van der Waals surface area contributed by atoms with Crippen LogP contribution in [0, 0.1) is 0 Å². The van der Waals surface area contributed by atoms with Gasteiger partial charge in [0, 0.05) is 16.6 Å². The normalized spacial score (nSPS) is 10.4. The number of ether oxygens (including phenoxy) is 1. The second-order valence-corrected chi connectivity index (χ2v) is 4.15.